The van der Waals surface area contributed by atoms with Crippen molar-refractivity contribution in [3.8, 4) is 0 Å². The molecule has 1 unspecified atom stereocenters. The van der Waals surface area contributed by atoms with Crippen LogP contribution in [0.4, 0.5) is 4.39 Å². The largest absolute Gasteiger partial charge is 0.350 e. The van der Waals surface area contributed by atoms with Gasteiger partial charge in [0, 0.05) is 17.8 Å². The third kappa shape index (κ3) is 3.67. The van der Waals surface area contributed by atoms with E-state index in [1.165, 1.54) is 34.4 Å². The van der Waals surface area contributed by atoms with Gasteiger partial charge in [-0.25, -0.2) is 9.37 Å². The average molecular weight is 373 g/mol. The number of rotatable bonds is 5. The summed E-state index contributed by atoms with van der Waals surface area (Å²) >= 11 is 1.50. The number of nitrogens with one attached hydrogen (secondary N) is 1. The molecule has 2 aromatic heterocycles. The molecule has 3 rings (SSSR count). The van der Waals surface area contributed by atoms with Crippen LogP contribution in [0.2, 0.25) is 0 Å². The molecule has 136 valence electrons. The second-order valence-corrected chi connectivity index (χ2v) is 7.50. The molecule has 26 heavy (non-hydrogen) atoms. The molecular formula is C19H20FN3O2S. The van der Waals surface area contributed by atoms with E-state index in [0.29, 0.717) is 5.39 Å². The van der Waals surface area contributed by atoms with Crippen LogP contribution in [0.25, 0.3) is 10.2 Å². The van der Waals surface area contributed by atoms with Crippen LogP contribution in [0.3, 0.4) is 0 Å². The molecule has 0 saturated carbocycles. The van der Waals surface area contributed by atoms with E-state index in [1.807, 2.05) is 20.8 Å². The van der Waals surface area contributed by atoms with Gasteiger partial charge < -0.3 is 5.32 Å². The molecule has 1 amide bonds. The number of thiophene rings is 1. The molecule has 1 atom stereocenters. The molecule has 0 aliphatic carbocycles. The summed E-state index contributed by atoms with van der Waals surface area (Å²) in [5.74, 6) is -0.486. The third-order valence-corrected chi connectivity index (χ3v) is 5.60. The van der Waals surface area contributed by atoms with Crippen molar-refractivity contribution in [2.24, 2.45) is 0 Å². The quantitative estimate of drug-likeness (QED) is 0.745. The summed E-state index contributed by atoms with van der Waals surface area (Å²) in [6, 6.07) is 5.78. The van der Waals surface area contributed by atoms with Gasteiger partial charge in [0.1, 0.15) is 10.6 Å². The molecular weight excluding hydrogens is 353 g/mol. The molecule has 5 nitrogen and oxygen atoms in total. The average Bonchev–Trinajstić information content (AvgIpc) is 2.90. The molecule has 7 heteroatoms. The number of hydrogen-bond acceptors (Lipinski definition) is 4. The molecule has 0 bridgehead atoms. The predicted molar refractivity (Wildman–Crippen MR) is 101 cm³/mol. The fourth-order valence-electron chi connectivity index (χ4n) is 2.80. The van der Waals surface area contributed by atoms with Crippen LogP contribution < -0.4 is 10.9 Å². The Morgan fingerprint density at radius 2 is 2.00 bits per heavy atom. The van der Waals surface area contributed by atoms with Gasteiger partial charge in [0.05, 0.1) is 17.8 Å². The Morgan fingerprint density at radius 1 is 1.31 bits per heavy atom. The van der Waals surface area contributed by atoms with Gasteiger partial charge in [-0.1, -0.05) is 12.1 Å². The fourth-order valence-corrected chi connectivity index (χ4v) is 3.79. The number of nitrogens with zero attached hydrogens (tertiary/aromatic N) is 2. The van der Waals surface area contributed by atoms with Crippen LogP contribution in [0.15, 0.2) is 35.4 Å². The first-order chi connectivity index (χ1) is 12.4. The minimum absolute atomic E-state index is 0.115. The highest BCUT2D eigenvalue weighted by molar-refractivity contribution is 7.18. The molecule has 1 aromatic carbocycles. The molecule has 0 aliphatic heterocycles. The molecule has 2 heterocycles. The summed E-state index contributed by atoms with van der Waals surface area (Å²) in [7, 11) is 0. The lowest BCUT2D eigenvalue weighted by atomic mass is 10.1. The van der Waals surface area contributed by atoms with Gasteiger partial charge in [-0.3, -0.25) is 14.2 Å². The number of carbonyl (C=O) groups is 1. The lowest BCUT2D eigenvalue weighted by molar-refractivity contribution is -0.121. The highest BCUT2D eigenvalue weighted by Crippen LogP contribution is 2.25. The van der Waals surface area contributed by atoms with Gasteiger partial charge in [-0.2, -0.15) is 0 Å². The first-order valence-corrected chi connectivity index (χ1v) is 9.18. The highest BCUT2D eigenvalue weighted by Gasteiger charge is 2.14. The first-order valence-electron chi connectivity index (χ1n) is 8.36. The fraction of sp³-hybridized carbons (Fsp3) is 0.316. The lowest BCUT2D eigenvalue weighted by Gasteiger charge is -2.14. The van der Waals surface area contributed by atoms with Crippen molar-refractivity contribution in [2.45, 2.75) is 39.8 Å². The SMILES string of the molecule is Cc1sc2ncn(CCC(=O)NC(C)c3ccc(F)cc3)c(=O)c2c1C. The van der Waals surface area contributed by atoms with Crippen molar-refractivity contribution >= 4 is 27.5 Å². The monoisotopic (exact) mass is 373 g/mol. The van der Waals surface area contributed by atoms with Gasteiger partial charge in [0.25, 0.3) is 5.56 Å². The molecule has 0 radical (unpaired) electrons. The van der Waals surface area contributed by atoms with E-state index in [1.54, 1.807) is 12.1 Å². The van der Waals surface area contributed by atoms with E-state index in [2.05, 4.69) is 10.3 Å². The van der Waals surface area contributed by atoms with Gasteiger partial charge >= 0.3 is 0 Å². The van der Waals surface area contributed by atoms with Gasteiger partial charge in [0.2, 0.25) is 5.91 Å². The number of amides is 1. The zero-order valence-electron chi connectivity index (χ0n) is 14.9. The second kappa shape index (κ2) is 7.37. The summed E-state index contributed by atoms with van der Waals surface area (Å²) < 4.78 is 14.5. The van der Waals surface area contributed by atoms with Gasteiger partial charge in [-0.05, 0) is 44.0 Å². The summed E-state index contributed by atoms with van der Waals surface area (Å²) in [6.07, 6.45) is 1.66. The number of fused-ring (bicyclic) bond motifs is 1. The second-order valence-electron chi connectivity index (χ2n) is 6.30. The minimum atomic E-state index is -0.312. The predicted octanol–water partition coefficient (Wildman–Crippen LogP) is 3.48. The highest BCUT2D eigenvalue weighted by atomic mass is 32.1. The van der Waals surface area contributed by atoms with Crippen LogP contribution in [0, 0.1) is 19.7 Å². The summed E-state index contributed by atoms with van der Waals surface area (Å²) in [5, 5.41) is 3.50. The van der Waals surface area contributed by atoms with Crippen molar-refractivity contribution < 1.29 is 9.18 Å². The van der Waals surface area contributed by atoms with E-state index < -0.39 is 0 Å². The number of benzene rings is 1. The summed E-state index contributed by atoms with van der Waals surface area (Å²) in [4.78, 5) is 30.9. The van der Waals surface area contributed by atoms with Crippen LogP contribution in [-0.2, 0) is 11.3 Å². The maximum atomic E-state index is 13.0. The number of aromatic nitrogens is 2. The van der Waals surface area contributed by atoms with E-state index in [-0.39, 0.29) is 36.3 Å². The van der Waals surface area contributed by atoms with Crippen molar-refractivity contribution in [1.82, 2.24) is 14.9 Å². The smallest absolute Gasteiger partial charge is 0.262 e. The topological polar surface area (TPSA) is 64.0 Å². The maximum Gasteiger partial charge on any atom is 0.262 e. The Labute approximate surface area is 154 Å². The Hall–Kier alpha value is -2.54. The van der Waals surface area contributed by atoms with Gasteiger partial charge in [-0.15, -0.1) is 11.3 Å². The minimum Gasteiger partial charge on any atom is -0.350 e. The zero-order valence-corrected chi connectivity index (χ0v) is 15.7. The lowest BCUT2D eigenvalue weighted by Crippen LogP contribution is -2.29. The Morgan fingerprint density at radius 3 is 2.69 bits per heavy atom. The van der Waals surface area contributed by atoms with Crippen molar-refractivity contribution in [2.75, 3.05) is 0 Å². The van der Waals surface area contributed by atoms with Crippen LogP contribution in [-0.4, -0.2) is 15.5 Å². The number of hydrogen-bond donors (Lipinski definition) is 1. The number of aryl methyl sites for hydroxylation is 3. The van der Waals surface area contributed by atoms with E-state index in [0.717, 1.165) is 20.8 Å². The number of halogens is 1. The van der Waals surface area contributed by atoms with E-state index >= 15 is 0 Å². The summed E-state index contributed by atoms with van der Waals surface area (Å²) in [5.41, 5.74) is 1.66. The van der Waals surface area contributed by atoms with Crippen LogP contribution in [0.5, 0.6) is 0 Å². The van der Waals surface area contributed by atoms with Crippen molar-refractivity contribution in [1.29, 1.82) is 0 Å². The van der Waals surface area contributed by atoms with Crippen LogP contribution in [0.1, 0.15) is 35.4 Å². The number of carbonyl (C=O) groups excluding carboxylic acids is 1. The Kier molecular flexibility index (Phi) is 5.18. The van der Waals surface area contributed by atoms with E-state index in [4.69, 9.17) is 0 Å². The molecule has 1 N–H and O–H groups in total. The first kappa shape index (κ1) is 18.3. The normalized spacial score (nSPS) is 12.3. The molecule has 0 fully saturated rings. The summed E-state index contributed by atoms with van der Waals surface area (Å²) in [6.45, 7) is 5.98. The molecule has 0 aliphatic rings. The molecule has 3 aromatic rings. The molecule has 0 spiro atoms. The van der Waals surface area contributed by atoms with Crippen LogP contribution >= 0.6 is 11.3 Å². The van der Waals surface area contributed by atoms with E-state index in [9.17, 15) is 14.0 Å². The maximum absolute atomic E-state index is 13.0. The molecule has 0 saturated heterocycles. The Bertz CT molecular complexity index is 1010. The zero-order chi connectivity index (χ0) is 18.8. The van der Waals surface area contributed by atoms with Crippen molar-refractivity contribution in [3.63, 3.8) is 0 Å². The standard InChI is InChI=1S/C19H20FN3O2S/c1-11-13(3)26-18-17(11)19(25)23(10-21-18)9-8-16(24)22-12(2)14-4-6-15(20)7-5-14/h4-7,10,12H,8-9H2,1-3H3,(H,22,24). The Balaban J connectivity index is 1.67. The third-order valence-electron chi connectivity index (χ3n) is 4.48. The van der Waals surface area contributed by atoms with Gasteiger partial charge in [0.15, 0.2) is 0 Å². The van der Waals surface area contributed by atoms with Crippen molar-refractivity contribution in [3.05, 3.63) is 62.8 Å².